The predicted molar refractivity (Wildman–Crippen MR) is 99.8 cm³/mol. The number of esters is 2. The zero-order chi connectivity index (χ0) is 20.4. The van der Waals surface area contributed by atoms with Gasteiger partial charge in [0.1, 0.15) is 12.7 Å². The molecule has 0 N–H and O–H groups in total. The van der Waals surface area contributed by atoms with Gasteiger partial charge in [0.05, 0.1) is 0 Å². The average Bonchev–Trinajstić information content (AvgIpc) is 2.58. The molecule has 158 valence electrons. The van der Waals surface area contributed by atoms with Crippen LogP contribution in [-0.2, 0) is 33.3 Å². The van der Waals surface area contributed by atoms with E-state index in [-0.39, 0.29) is 12.7 Å². The molecule has 1 unspecified atom stereocenters. The van der Waals surface area contributed by atoms with E-state index in [1.807, 2.05) is 13.8 Å². The summed E-state index contributed by atoms with van der Waals surface area (Å²) in [6.45, 7) is 12.2. The molecule has 0 saturated heterocycles. The van der Waals surface area contributed by atoms with E-state index < -0.39 is 24.5 Å². The van der Waals surface area contributed by atoms with Crippen molar-refractivity contribution in [2.45, 2.75) is 79.5 Å². The topological polar surface area (TPSA) is 80.3 Å². The molecule has 0 heterocycles. The number of rotatable bonds is 11. The molecule has 0 radical (unpaired) electrons. The second-order valence-corrected chi connectivity index (χ2v) is 7.42. The summed E-state index contributed by atoms with van der Waals surface area (Å²) >= 11 is 0. The Kier molecular flexibility index (Phi) is 10.9. The Morgan fingerprint density at radius 3 is 2.19 bits per heavy atom. The number of ether oxygens (including phenoxy) is 5. The summed E-state index contributed by atoms with van der Waals surface area (Å²) in [5.74, 6) is -0.0990. The van der Waals surface area contributed by atoms with Gasteiger partial charge in [-0.15, -0.1) is 0 Å². The summed E-state index contributed by atoms with van der Waals surface area (Å²) in [6, 6.07) is 0. The van der Waals surface area contributed by atoms with E-state index in [2.05, 4.69) is 20.8 Å². The third-order valence-corrected chi connectivity index (χ3v) is 4.78. The fourth-order valence-electron chi connectivity index (χ4n) is 3.44. The van der Waals surface area contributed by atoms with Crippen molar-refractivity contribution >= 4 is 11.9 Å². The molecule has 1 fully saturated rings. The normalized spacial score (nSPS) is 24.1. The first-order chi connectivity index (χ1) is 12.8. The smallest absolute Gasteiger partial charge is 0.376 e. The molecule has 0 amide bonds. The molecular formula is C20H36O7. The molecule has 0 spiro atoms. The molecule has 7 heteroatoms. The Hall–Kier alpha value is -1.18. The van der Waals surface area contributed by atoms with E-state index in [0.717, 1.165) is 19.3 Å². The van der Waals surface area contributed by atoms with Crippen LogP contribution in [-0.4, -0.2) is 50.4 Å². The SMILES string of the molecule is CCOC(COC(OC(C)=O)C(=O)O[C@@H]1C[C@H](C)CC[C@H]1C(C)C)OCC. The molecular weight excluding hydrogens is 352 g/mol. The summed E-state index contributed by atoms with van der Waals surface area (Å²) in [5, 5.41) is 0. The molecule has 7 nitrogen and oxygen atoms in total. The van der Waals surface area contributed by atoms with Crippen molar-refractivity contribution in [3.05, 3.63) is 0 Å². The van der Waals surface area contributed by atoms with Crippen molar-refractivity contribution in [2.24, 2.45) is 17.8 Å². The molecule has 4 atom stereocenters. The average molecular weight is 389 g/mol. The summed E-state index contributed by atoms with van der Waals surface area (Å²) in [6.07, 6.45) is 0.706. The molecule has 0 bridgehead atoms. The highest BCUT2D eigenvalue weighted by molar-refractivity contribution is 5.77. The second kappa shape index (κ2) is 12.3. The van der Waals surface area contributed by atoms with Crippen LogP contribution in [0.5, 0.6) is 0 Å². The van der Waals surface area contributed by atoms with Crippen molar-refractivity contribution in [1.82, 2.24) is 0 Å². The third-order valence-electron chi connectivity index (χ3n) is 4.78. The maximum Gasteiger partial charge on any atom is 0.376 e. The monoisotopic (exact) mass is 388 g/mol. The molecule has 0 aromatic rings. The van der Waals surface area contributed by atoms with Gasteiger partial charge < -0.3 is 23.7 Å². The minimum Gasteiger partial charge on any atom is -0.457 e. The first-order valence-electron chi connectivity index (χ1n) is 10.0. The van der Waals surface area contributed by atoms with E-state index in [9.17, 15) is 9.59 Å². The fourth-order valence-corrected chi connectivity index (χ4v) is 3.44. The lowest BCUT2D eigenvalue weighted by molar-refractivity contribution is -0.229. The zero-order valence-electron chi connectivity index (χ0n) is 17.6. The van der Waals surface area contributed by atoms with Crippen molar-refractivity contribution < 1.29 is 33.3 Å². The Labute approximate surface area is 163 Å². The highest BCUT2D eigenvalue weighted by atomic mass is 16.7. The minimum absolute atomic E-state index is 0.0383. The standard InChI is InChI=1S/C20H36O7/c1-7-23-18(24-8-2)12-25-20(26-15(6)21)19(22)27-17-11-14(5)9-10-16(17)13(3)4/h13-14,16-18,20H,7-12H2,1-6H3/t14-,16+,17-,20?/m1/s1. The van der Waals surface area contributed by atoms with Crippen molar-refractivity contribution in [3.8, 4) is 0 Å². The summed E-state index contributed by atoms with van der Waals surface area (Å²) in [4.78, 5) is 24.0. The van der Waals surface area contributed by atoms with Gasteiger partial charge in [-0.25, -0.2) is 4.79 Å². The van der Waals surface area contributed by atoms with Gasteiger partial charge in [-0.05, 0) is 44.4 Å². The highest BCUT2D eigenvalue weighted by Crippen LogP contribution is 2.35. The second-order valence-electron chi connectivity index (χ2n) is 7.42. The summed E-state index contributed by atoms with van der Waals surface area (Å²) in [7, 11) is 0. The fraction of sp³-hybridized carbons (Fsp3) is 0.900. The van der Waals surface area contributed by atoms with Crippen molar-refractivity contribution in [3.63, 3.8) is 0 Å². The van der Waals surface area contributed by atoms with Gasteiger partial charge in [0.25, 0.3) is 0 Å². The summed E-state index contributed by atoms with van der Waals surface area (Å²) in [5.41, 5.74) is 0. The van der Waals surface area contributed by atoms with Crippen LogP contribution in [0.15, 0.2) is 0 Å². The van der Waals surface area contributed by atoms with E-state index in [4.69, 9.17) is 23.7 Å². The van der Waals surface area contributed by atoms with Crippen molar-refractivity contribution in [1.29, 1.82) is 0 Å². The number of hydrogen-bond donors (Lipinski definition) is 0. The lowest BCUT2D eigenvalue weighted by Crippen LogP contribution is -2.41. The first kappa shape index (κ1) is 23.9. The highest BCUT2D eigenvalue weighted by Gasteiger charge is 2.36. The van der Waals surface area contributed by atoms with Crippen LogP contribution in [0.25, 0.3) is 0 Å². The molecule has 0 aromatic carbocycles. The van der Waals surface area contributed by atoms with Crippen LogP contribution < -0.4 is 0 Å². The quantitative estimate of drug-likeness (QED) is 0.397. The molecule has 1 rings (SSSR count). The van der Waals surface area contributed by atoms with Crippen LogP contribution in [0, 0.1) is 17.8 Å². The van der Waals surface area contributed by atoms with Gasteiger partial charge in [-0.1, -0.05) is 27.2 Å². The number of carbonyl (C=O) groups is 2. The van der Waals surface area contributed by atoms with E-state index in [1.165, 1.54) is 6.92 Å². The lowest BCUT2D eigenvalue weighted by Gasteiger charge is -2.37. The molecule has 1 aliphatic rings. The van der Waals surface area contributed by atoms with Crippen LogP contribution in [0.2, 0.25) is 0 Å². The van der Waals surface area contributed by atoms with Gasteiger partial charge in [0.2, 0.25) is 0 Å². The van der Waals surface area contributed by atoms with Crippen LogP contribution in [0.3, 0.4) is 0 Å². The lowest BCUT2D eigenvalue weighted by atomic mass is 9.75. The van der Waals surface area contributed by atoms with Gasteiger partial charge in [-0.2, -0.15) is 0 Å². The molecule has 27 heavy (non-hydrogen) atoms. The molecule has 1 aliphatic carbocycles. The zero-order valence-corrected chi connectivity index (χ0v) is 17.6. The first-order valence-corrected chi connectivity index (χ1v) is 10.0. The van der Waals surface area contributed by atoms with Gasteiger partial charge in [0.15, 0.2) is 6.29 Å². The largest absolute Gasteiger partial charge is 0.457 e. The van der Waals surface area contributed by atoms with Gasteiger partial charge in [0, 0.05) is 20.1 Å². The van der Waals surface area contributed by atoms with E-state index in [0.29, 0.717) is 31.0 Å². The predicted octanol–water partition coefficient (Wildman–Crippen LogP) is 3.30. The molecule has 0 aromatic heterocycles. The van der Waals surface area contributed by atoms with Crippen LogP contribution in [0.1, 0.15) is 60.8 Å². The summed E-state index contributed by atoms with van der Waals surface area (Å²) < 4.78 is 27.0. The van der Waals surface area contributed by atoms with Gasteiger partial charge in [-0.3, -0.25) is 4.79 Å². The maximum atomic E-state index is 12.6. The molecule has 1 saturated carbocycles. The van der Waals surface area contributed by atoms with E-state index >= 15 is 0 Å². The van der Waals surface area contributed by atoms with E-state index in [1.54, 1.807) is 0 Å². The van der Waals surface area contributed by atoms with Crippen LogP contribution in [0.4, 0.5) is 0 Å². The number of carbonyl (C=O) groups excluding carboxylic acids is 2. The Balaban J connectivity index is 2.73. The maximum absolute atomic E-state index is 12.6. The Bertz CT molecular complexity index is 446. The Morgan fingerprint density at radius 1 is 1.04 bits per heavy atom. The third kappa shape index (κ3) is 8.58. The number of hydrogen-bond acceptors (Lipinski definition) is 7. The van der Waals surface area contributed by atoms with Crippen LogP contribution >= 0.6 is 0 Å². The van der Waals surface area contributed by atoms with Crippen molar-refractivity contribution in [2.75, 3.05) is 19.8 Å². The Morgan fingerprint density at radius 2 is 1.67 bits per heavy atom. The molecule has 0 aliphatic heterocycles. The van der Waals surface area contributed by atoms with Gasteiger partial charge >= 0.3 is 18.2 Å². The minimum atomic E-state index is -1.42.